The molecule has 11 nitrogen and oxygen atoms in total. The standard InChI is InChI=1S/C30H46N4O7S2/c1-20(2)31-30(37)32-24-12-13-26-25(16-24)29(36)34(22(4)19-35)17-21(3)27(40-14-8-7-10-23(5)41-26)18-33(6)43(38,39)28-11-9-15-42-28/h9,11-13,15-16,20-23,27,35H,7-8,10,14,17-19H2,1-6H3,(H2,31,32,37)/t21-,22+,23+,27-/m1/s1. The van der Waals surface area contributed by atoms with Gasteiger partial charge in [0, 0.05) is 44.4 Å². The third kappa shape index (κ3) is 9.64. The second kappa shape index (κ2) is 15.8. The van der Waals surface area contributed by atoms with E-state index in [1.807, 2.05) is 27.7 Å². The summed E-state index contributed by atoms with van der Waals surface area (Å²) in [4.78, 5) is 28.1. The summed E-state index contributed by atoms with van der Waals surface area (Å²) in [6.45, 7) is 9.75. The smallest absolute Gasteiger partial charge is 0.319 e. The second-order valence-electron chi connectivity index (χ2n) is 11.5. The van der Waals surface area contributed by atoms with Crippen molar-refractivity contribution in [2.75, 3.05) is 38.7 Å². The fourth-order valence-electron chi connectivity index (χ4n) is 4.81. The van der Waals surface area contributed by atoms with Crippen LogP contribution in [-0.2, 0) is 14.8 Å². The van der Waals surface area contributed by atoms with E-state index in [-0.39, 0.29) is 53.4 Å². The average molecular weight is 639 g/mol. The quantitative estimate of drug-likeness (QED) is 0.390. The van der Waals surface area contributed by atoms with Crippen LogP contribution in [0.25, 0.3) is 0 Å². The second-order valence-corrected chi connectivity index (χ2v) is 14.7. The predicted octanol–water partition coefficient (Wildman–Crippen LogP) is 4.39. The van der Waals surface area contributed by atoms with Crippen molar-refractivity contribution in [1.82, 2.24) is 14.5 Å². The van der Waals surface area contributed by atoms with E-state index in [9.17, 15) is 23.1 Å². The molecule has 0 saturated heterocycles. The number of hydrogen-bond donors (Lipinski definition) is 3. The number of benzene rings is 1. The van der Waals surface area contributed by atoms with E-state index in [1.165, 1.54) is 11.4 Å². The number of carbonyl (C=O) groups is 2. The molecule has 4 atom stereocenters. The van der Waals surface area contributed by atoms with Crippen LogP contribution >= 0.6 is 11.3 Å². The lowest BCUT2D eigenvalue weighted by molar-refractivity contribution is -0.00832. The zero-order chi connectivity index (χ0) is 31.7. The van der Waals surface area contributed by atoms with Crippen LogP contribution in [0.4, 0.5) is 10.5 Å². The molecule has 2 heterocycles. The van der Waals surface area contributed by atoms with Crippen molar-refractivity contribution in [3.63, 3.8) is 0 Å². The molecule has 0 radical (unpaired) electrons. The van der Waals surface area contributed by atoms with Crippen molar-refractivity contribution in [3.05, 3.63) is 41.3 Å². The van der Waals surface area contributed by atoms with Crippen LogP contribution in [0.5, 0.6) is 5.75 Å². The Kier molecular flexibility index (Phi) is 12.8. The van der Waals surface area contributed by atoms with Crippen LogP contribution in [0.1, 0.15) is 64.2 Å². The van der Waals surface area contributed by atoms with E-state index in [1.54, 1.807) is 47.5 Å². The molecule has 3 N–H and O–H groups in total. The minimum Gasteiger partial charge on any atom is -0.490 e. The molecule has 0 bridgehead atoms. The topological polar surface area (TPSA) is 138 Å². The van der Waals surface area contributed by atoms with Gasteiger partial charge in [0.25, 0.3) is 15.9 Å². The van der Waals surface area contributed by atoms with Crippen molar-refractivity contribution in [2.45, 2.75) is 82.4 Å². The van der Waals surface area contributed by atoms with Crippen molar-refractivity contribution in [2.24, 2.45) is 5.92 Å². The fraction of sp³-hybridized carbons (Fsp3) is 0.600. The van der Waals surface area contributed by atoms with E-state index in [0.29, 0.717) is 18.0 Å². The largest absolute Gasteiger partial charge is 0.490 e. The Morgan fingerprint density at radius 1 is 1.21 bits per heavy atom. The number of anilines is 1. The first-order valence-electron chi connectivity index (χ1n) is 14.7. The van der Waals surface area contributed by atoms with Crippen molar-refractivity contribution >= 4 is 39.0 Å². The Bertz CT molecular complexity index is 1300. The Morgan fingerprint density at radius 3 is 2.60 bits per heavy atom. The van der Waals surface area contributed by atoms with Crippen LogP contribution in [0.3, 0.4) is 0 Å². The molecule has 0 fully saturated rings. The van der Waals surface area contributed by atoms with Gasteiger partial charge in [-0.1, -0.05) is 13.0 Å². The number of aliphatic hydroxyl groups excluding tert-OH is 1. The number of ether oxygens (including phenoxy) is 2. The van der Waals surface area contributed by atoms with E-state index in [2.05, 4.69) is 10.6 Å². The molecule has 13 heteroatoms. The molecule has 3 rings (SSSR count). The molecule has 1 aliphatic heterocycles. The fourth-order valence-corrected chi connectivity index (χ4v) is 7.19. The number of aliphatic hydroxyl groups is 1. The zero-order valence-corrected chi connectivity index (χ0v) is 27.5. The molecular weight excluding hydrogens is 592 g/mol. The lowest BCUT2D eigenvalue weighted by Crippen LogP contribution is -2.48. The Morgan fingerprint density at radius 2 is 1.95 bits per heavy atom. The SMILES string of the molecule is CC(C)NC(=O)Nc1ccc2c(c1)C(=O)N([C@@H](C)CO)C[C@@H](C)[C@@H](CN(C)S(=O)(=O)c1cccs1)OCCCC[C@H](C)O2. The monoisotopic (exact) mass is 638 g/mol. The normalized spacial score (nSPS) is 21.6. The van der Waals surface area contributed by atoms with Crippen LogP contribution in [-0.4, -0.2) is 92.3 Å². The maximum atomic E-state index is 14.2. The first kappa shape index (κ1) is 34.8. The number of sulfonamides is 1. The number of hydrogen-bond acceptors (Lipinski definition) is 8. The van der Waals surface area contributed by atoms with Gasteiger partial charge in [-0.2, -0.15) is 4.31 Å². The summed E-state index contributed by atoms with van der Waals surface area (Å²) in [5.74, 6) is -0.274. The van der Waals surface area contributed by atoms with Gasteiger partial charge in [0.1, 0.15) is 9.96 Å². The van der Waals surface area contributed by atoms with Crippen LogP contribution in [0, 0.1) is 5.92 Å². The van der Waals surface area contributed by atoms with Gasteiger partial charge in [-0.25, -0.2) is 13.2 Å². The number of rotatable bonds is 8. The first-order chi connectivity index (χ1) is 20.3. The summed E-state index contributed by atoms with van der Waals surface area (Å²) < 4.78 is 40.4. The Labute approximate surface area is 259 Å². The highest BCUT2D eigenvalue weighted by atomic mass is 32.2. The Balaban J connectivity index is 1.96. The molecule has 1 aromatic carbocycles. The third-order valence-electron chi connectivity index (χ3n) is 7.33. The van der Waals surface area contributed by atoms with Gasteiger partial charge in [-0.15, -0.1) is 11.3 Å². The van der Waals surface area contributed by atoms with Gasteiger partial charge >= 0.3 is 6.03 Å². The van der Waals surface area contributed by atoms with Gasteiger partial charge in [-0.05, 0) is 76.6 Å². The molecule has 2 aromatic rings. The lowest BCUT2D eigenvalue weighted by Gasteiger charge is -2.35. The number of carbonyl (C=O) groups excluding carboxylic acids is 2. The van der Waals surface area contributed by atoms with Crippen molar-refractivity contribution < 1.29 is 32.6 Å². The number of fused-ring (bicyclic) bond motifs is 1. The summed E-state index contributed by atoms with van der Waals surface area (Å²) >= 11 is 1.16. The average Bonchev–Trinajstić information content (AvgIpc) is 3.50. The zero-order valence-electron chi connectivity index (χ0n) is 25.9. The van der Waals surface area contributed by atoms with E-state index >= 15 is 0 Å². The van der Waals surface area contributed by atoms with Gasteiger partial charge < -0.3 is 30.1 Å². The molecule has 0 spiro atoms. The number of nitrogens with one attached hydrogen (secondary N) is 2. The molecule has 240 valence electrons. The summed E-state index contributed by atoms with van der Waals surface area (Å²) in [7, 11) is -2.16. The maximum Gasteiger partial charge on any atom is 0.319 e. The highest BCUT2D eigenvalue weighted by Crippen LogP contribution is 2.29. The molecule has 1 aromatic heterocycles. The van der Waals surface area contributed by atoms with E-state index < -0.39 is 28.2 Å². The Hall–Kier alpha value is -2.71. The number of urea groups is 1. The molecule has 0 saturated carbocycles. The van der Waals surface area contributed by atoms with E-state index in [4.69, 9.17) is 9.47 Å². The number of thiophene rings is 1. The summed E-state index contributed by atoms with van der Waals surface area (Å²) in [6.07, 6.45) is 1.59. The van der Waals surface area contributed by atoms with Crippen molar-refractivity contribution in [1.29, 1.82) is 0 Å². The first-order valence-corrected chi connectivity index (χ1v) is 17.1. The predicted molar refractivity (Wildman–Crippen MR) is 168 cm³/mol. The summed E-state index contributed by atoms with van der Waals surface area (Å²) in [6, 6.07) is 7.23. The lowest BCUT2D eigenvalue weighted by atomic mass is 10.0. The summed E-state index contributed by atoms with van der Waals surface area (Å²) in [5, 5.41) is 17.4. The van der Waals surface area contributed by atoms with Crippen LogP contribution in [0.15, 0.2) is 39.9 Å². The highest BCUT2D eigenvalue weighted by molar-refractivity contribution is 7.91. The molecule has 0 unspecified atom stereocenters. The number of nitrogens with zero attached hydrogens (tertiary/aromatic N) is 2. The van der Waals surface area contributed by atoms with E-state index in [0.717, 1.165) is 30.6 Å². The third-order valence-corrected chi connectivity index (χ3v) is 10.5. The van der Waals surface area contributed by atoms with Gasteiger partial charge in [0.2, 0.25) is 0 Å². The summed E-state index contributed by atoms with van der Waals surface area (Å²) in [5.41, 5.74) is 0.683. The molecule has 1 aliphatic rings. The van der Waals surface area contributed by atoms with Gasteiger partial charge in [0.15, 0.2) is 0 Å². The van der Waals surface area contributed by atoms with Gasteiger partial charge in [0.05, 0.1) is 30.4 Å². The minimum absolute atomic E-state index is 0.0694. The van der Waals surface area contributed by atoms with Crippen LogP contribution in [0.2, 0.25) is 0 Å². The molecular formula is C30H46N4O7S2. The van der Waals surface area contributed by atoms with Gasteiger partial charge in [-0.3, -0.25) is 4.79 Å². The highest BCUT2D eigenvalue weighted by Gasteiger charge is 2.32. The maximum absolute atomic E-state index is 14.2. The van der Waals surface area contributed by atoms with Crippen LogP contribution < -0.4 is 15.4 Å². The molecule has 0 aliphatic carbocycles. The molecule has 3 amide bonds. The number of amides is 3. The molecule has 43 heavy (non-hydrogen) atoms. The number of likely N-dealkylation sites (N-methyl/N-ethyl adjacent to an activating group) is 1. The van der Waals surface area contributed by atoms with Crippen molar-refractivity contribution in [3.8, 4) is 5.75 Å². The minimum atomic E-state index is -3.70.